The van der Waals surface area contributed by atoms with E-state index < -0.39 is 10.0 Å². The standard InChI is InChI=1S/C9H15N3O3S/c1-5(2)15-9-11-6(3)8(7(4)12-9)16(10,13)14/h5H,1-4H3,(H2,10,13,14). The van der Waals surface area contributed by atoms with E-state index in [9.17, 15) is 8.42 Å². The molecule has 0 atom stereocenters. The third kappa shape index (κ3) is 2.89. The lowest BCUT2D eigenvalue weighted by Gasteiger charge is -2.11. The van der Waals surface area contributed by atoms with E-state index in [-0.39, 0.29) is 17.0 Å². The van der Waals surface area contributed by atoms with Gasteiger partial charge in [-0.05, 0) is 27.7 Å². The highest BCUT2D eigenvalue weighted by Crippen LogP contribution is 2.18. The monoisotopic (exact) mass is 245 g/mol. The smallest absolute Gasteiger partial charge is 0.317 e. The number of primary sulfonamides is 1. The van der Waals surface area contributed by atoms with E-state index in [1.54, 1.807) is 13.8 Å². The minimum Gasteiger partial charge on any atom is -0.461 e. The Morgan fingerprint density at radius 3 is 1.94 bits per heavy atom. The predicted molar refractivity (Wildman–Crippen MR) is 58.6 cm³/mol. The molecule has 0 unspecified atom stereocenters. The van der Waals surface area contributed by atoms with Crippen molar-refractivity contribution in [1.29, 1.82) is 0 Å². The van der Waals surface area contributed by atoms with Crippen LogP contribution in [0.25, 0.3) is 0 Å². The molecule has 0 saturated carbocycles. The molecule has 1 aromatic heterocycles. The van der Waals surface area contributed by atoms with Gasteiger partial charge in [0.15, 0.2) is 0 Å². The Bertz CT molecular complexity index is 474. The second kappa shape index (κ2) is 4.34. The van der Waals surface area contributed by atoms with Crippen LogP contribution >= 0.6 is 0 Å². The summed E-state index contributed by atoms with van der Waals surface area (Å²) in [6, 6.07) is 0.164. The van der Waals surface area contributed by atoms with E-state index in [1.807, 2.05) is 13.8 Å². The molecule has 1 aromatic rings. The number of hydrogen-bond donors (Lipinski definition) is 1. The van der Waals surface area contributed by atoms with Gasteiger partial charge in [0.2, 0.25) is 10.0 Å². The molecule has 0 saturated heterocycles. The predicted octanol–water partition coefficient (Wildman–Crippen LogP) is 0.528. The second-order valence-electron chi connectivity index (χ2n) is 3.72. The lowest BCUT2D eigenvalue weighted by atomic mass is 10.3. The summed E-state index contributed by atoms with van der Waals surface area (Å²) in [5, 5.41) is 5.06. The zero-order valence-electron chi connectivity index (χ0n) is 9.68. The normalized spacial score (nSPS) is 11.9. The van der Waals surface area contributed by atoms with E-state index in [2.05, 4.69) is 9.97 Å². The largest absolute Gasteiger partial charge is 0.461 e. The molecule has 1 rings (SSSR count). The van der Waals surface area contributed by atoms with Crippen LogP contribution < -0.4 is 9.88 Å². The molecule has 1 heterocycles. The van der Waals surface area contributed by atoms with Crippen LogP contribution in [-0.2, 0) is 10.0 Å². The second-order valence-corrected chi connectivity index (χ2v) is 5.22. The first-order chi connectivity index (χ1) is 7.21. The molecule has 6 nitrogen and oxygen atoms in total. The summed E-state index contributed by atoms with van der Waals surface area (Å²) in [6.07, 6.45) is -0.0702. The number of aryl methyl sites for hydroxylation is 2. The van der Waals surface area contributed by atoms with Crippen molar-refractivity contribution >= 4 is 10.0 Å². The molecule has 0 aromatic carbocycles. The Balaban J connectivity index is 3.29. The number of ether oxygens (including phenoxy) is 1. The Labute approximate surface area is 94.9 Å². The summed E-state index contributed by atoms with van der Waals surface area (Å²) >= 11 is 0. The summed E-state index contributed by atoms with van der Waals surface area (Å²) < 4.78 is 27.8. The molecule has 0 amide bonds. The molecule has 0 fully saturated rings. The van der Waals surface area contributed by atoms with Crippen LogP contribution in [-0.4, -0.2) is 24.5 Å². The van der Waals surface area contributed by atoms with Crippen molar-refractivity contribution < 1.29 is 13.2 Å². The summed E-state index contributed by atoms with van der Waals surface area (Å²) in [4.78, 5) is 7.86. The SMILES string of the molecule is Cc1nc(OC(C)C)nc(C)c1S(N)(=O)=O. The van der Waals surface area contributed by atoms with Crippen molar-refractivity contribution in [1.82, 2.24) is 9.97 Å². The number of sulfonamides is 1. The van der Waals surface area contributed by atoms with Crippen LogP contribution in [0.15, 0.2) is 4.90 Å². The number of hydrogen-bond acceptors (Lipinski definition) is 5. The Morgan fingerprint density at radius 2 is 1.62 bits per heavy atom. The third-order valence-corrected chi connectivity index (χ3v) is 2.97. The van der Waals surface area contributed by atoms with Gasteiger partial charge in [-0.2, -0.15) is 9.97 Å². The van der Waals surface area contributed by atoms with Crippen LogP contribution in [0.1, 0.15) is 25.2 Å². The maximum atomic E-state index is 11.3. The molecule has 0 aliphatic carbocycles. The first kappa shape index (κ1) is 12.9. The molecule has 0 aliphatic heterocycles. The van der Waals surface area contributed by atoms with Crippen molar-refractivity contribution in [3.8, 4) is 6.01 Å². The maximum absolute atomic E-state index is 11.3. The highest BCUT2D eigenvalue weighted by atomic mass is 32.2. The lowest BCUT2D eigenvalue weighted by Crippen LogP contribution is -2.18. The van der Waals surface area contributed by atoms with Crippen molar-refractivity contribution in [2.45, 2.75) is 38.7 Å². The number of rotatable bonds is 3. The summed E-state index contributed by atoms with van der Waals surface area (Å²) in [7, 11) is -3.79. The van der Waals surface area contributed by atoms with Crippen molar-refractivity contribution in [2.24, 2.45) is 5.14 Å². The van der Waals surface area contributed by atoms with Crippen LogP contribution in [0, 0.1) is 13.8 Å². The zero-order chi connectivity index (χ0) is 12.5. The fourth-order valence-corrected chi connectivity index (χ4v) is 2.27. The highest BCUT2D eigenvalue weighted by Gasteiger charge is 2.19. The van der Waals surface area contributed by atoms with E-state index in [0.717, 1.165) is 0 Å². The van der Waals surface area contributed by atoms with Crippen LogP contribution in [0.2, 0.25) is 0 Å². The molecular weight excluding hydrogens is 230 g/mol. The van der Waals surface area contributed by atoms with E-state index >= 15 is 0 Å². The average Bonchev–Trinajstić information content (AvgIpc) is 1.96. The Morgan fingerprint density at radius 1 is 1.19 bits per heavy atom. The molecule has 0 spiro atoms. The fraction of sp³-hybridized carbons (Fsp3) is 0.556. The van der Waals surface area contributed by atoms with Crippen molar-refractivity contribution in [3.63, 3.8) is 0 Å². The van der Waals surface area contributed by atoms with Gasteiger partial charge in [-0.3, -0.25) is 0 Å². The van der Waals surface area contributed by atoms with E-state index in [4.69, 9.17) is 9.88 Å². The summed E-state index contributed by atoms with van der Waals surface area (Å²) in [6.45, 7) is 6.78. The van der Waals surface area contributed by atoms with Gasteiger partial charge in [0.05, 0.1) is 17.5 Å². The molecule has 16 heavy (non-hydrogen) atoms. The zero-order valence-corrected chi connectivity index (χ0v) is 10.5. The van der Waals surface area contributed by atoms with Gasteiger partial charge in [0, 0.05) is 0 Å². The van der Waals surface area contributed by atoms with Gasteiger partial charge in [-0.25, -0.2) is 13.6 Å². The molecule has 2 N–H and O–H groups in total. The number of nitrogens with zero attached hydrogens (tertiary/aromatic N) is 2. The minimum atomic E-state index is -3.79. The molecule has 7 heteroatoms. The molecule has 0 aliphatic rings. The van der Waals surface area contributed by atoms with Gasteiger partial charge in [0.25, 0.3) is 0 Å². The van der Waals surface area contributed by atoms with Gasteiger partial charge in [-0.15, -0.1) is 0 Å². The molecule has 0 radical (unpaired) electrons. The van der Waals surface area contributed by atoms with Gasteiger partial charge < -0.3 is 4.74 Å². The van der Waals surface area contributed by atoms with Crippen LogP contribution in [0.5, 0.6) is 6.01 Å². The first-order valence-electron chi connectivity index (χ1n) is 4.76. The lowest BCUT2D eigenvalue weighted by molar-refractivity contribution is 0.220. The van der Waals surface area contributed by atoms with Crippen molar-refractivity contribution in [2.75, 3.05) is 0 Å². The van der Waals surface area contributed by atoms with Gasteiger partial charge >= 0.3 is 6.01 Å². The Hall–Kier alpha value is -1.21. The fourth-order valence-electron chi connectivity index (χ4n) is 1.35. The number of aromatic nitrogens is 2. The summed E-state index contributed by atoms with van der Waals surface area (Å²) in [5.41, 5.74) is 0.594. The quantitative estimate of drug-likeness (QED) is 0.838. The summed E-state index contributed by atoms with van der Waals surface area (Å²) in [5.74, 6) is 0. The molecule has 0 bridgehead atoms. The highest BCUT2D eigenvalue weighted by molar-refractivity contribution is 7.89. The van der Waals surface area contributed by atoms with E-state index in [0.29, 0.717) is 11.4 Å². The number of nitrogens with two attached hydrogens (primary N) is 1. The average molecular weight is 245 g/mol. The van der Waals surface area contributed by atoms with Crippen LogP contribution in [0.3, 0.4) is 0 Å². The van der Waals surface area contributed by atoms with Crippen molar-refractivity contribution in [3.05, 3.63) is 11.4 Å². The maximum Gasteiger partial charge on any atom is 0.317 e. The minimum absolute atomic E-state index is 0.0383. The van der Waals surface area contributed by atoms with Crippen LogP contribution in [0.4, 0.5) is 0 Å². The first-order valence-corrected chi connectivity index (χ1v) is 6.31. The van der Waals surface area contributed by atoms with E-state index in [1.165, 1.54) is 0 Å². The third-order valence-electron chi connectivity index (χ3n) is 1.81. The Kier molecular flexibility index (Phi) is 3.49. The molecule has 90 valence electrons. The van der Waals surface area contributed by atoms with Gasteiger partial charge in [0.1, 0.15) is 4.90 Å². The van der Waals surface area contributed by atoms with Gasteiger partial charge in [-0.1, -0.05) is 0 Å². The molecular formula is C9H15N3O3S. The topological polar surface area (TPSA) is 95.2 Å².